The molecule has 16 heteroatoms. The Hall–Kier alpha value is -0.930. The molecule has 0 unspecified atom stereocenters. The number of carbonyl (C=O) groups is 1. The first kappa shape index (κ1) is 29.3. The highest BCUT2D eigenvalue weighted by molar-refractivity contribution is 5.56. The summed E-state index contributed by atoms with van der Waals surface area (Å²) in [6.45, 7) is -2.39. The van der Waals surface area contributed by atoms with Gasteiger partial charge in [-0.1, -0.05) is 0 Å². The summed E-state index contributed by atoms with van der Waals surface area (Å²) in [5.41, 5.74) is 0. The fourth-order valence-corrected chi connectivity index (χ4v) is 3.49. The molecule has 200 valence electrons. The molecule has 0 aromatic carbocycles. The first-order chi connectivity index (χ1) is 16.0. The van der Waals surface area contributed by atoms with E-state index in [0.717, 1.165) is 0 Å². The van der Waals surface area contributed by atoms with Gasteiger partial charge in [0, 0.05) is 0 Å². The highest BCUT2D eigenvalue weighted by Crippen LogP contribution is 2.27. The van der Waals surface area contributed by atoms with Crippen LogP contribution in [0.3, 0.4) is 0 Å². The maximum atomic E-state index is 10.8. The van der Waals surface area contributed by atoms with E-state index in [0.29, 0.717) is 0 Å². The molecule has 2 heterocycles. The summed E-state index contributed by atoms with van der Waals surface area (Å²) in [5, 5.41) is 108. The predicted octanol–water partition coefficient (Wildman–Crippen LogP) is -7.73. The molecule has 0 amide bonds. The quantitative estimate of drug-likeness (QED) is 0.117. The van der Waals surface area contributed by atoms with Crippen LogP contribution in [0.2, 0.25) is 0 Å². The van der Waals surface area contributed by atoms with Crippen molar-refractivity contribution in [3.8, 4) is 0 Å². The molecule has 0 spiro atoms. The summed E-state index contributed by atoms with van der Waals surface area (Å²) >= 11 is 0. The van der Waals surface area contributed by atoms with Gasteiger partial charge in [-0.3, -0.25) is 0 Å². The Bertz CT molecular complexity index is 623. The minimum absolute atomic E-state index is 0.0704. The van der Waals surface area contributed by atoms with Crippen LogP contribution < -0.4 is 0 Å². The molecule has 2 saturated heterocycles. The van der Waals surface area contributed by atoms with E-state index in [1.165, 1.54) is 0 Å². The Morgan fingerprint density at radius 2 is 1.29 bits per heavy atom. The minimum Gasteiger partial charge on any atom is -0.394 e. The smallest absolute Gasteiger partial charge is 0.187 e. The Morgan fingerprint density at radius 3 is 1.82 bits per heavy atom. The van der Waals surface area contributed by atoms with Crippen molar-refractivity contribution >= 4 is 6.29 Å². The van der Waals surface area contributed by atoms with Crippen LogP contribution in [0, 0.1) is 0 Å². The van der Waals surface area contributed by atoms with Gasteiger partial charge in [-0.2, -0.15) is 0 Å². The first-order valence-electron chi connectivity index (χ1n) is 10.4. The first-order valence-corrected chi connectivity index (χ1v) is 10.4. The zero-order chi connectivity index (χ0) is 25.7. The molecule has 2 aliphatic rings. The maximum Gasteiger partial charge on any atom is 0.187 e. The second kappa shape index (κ2) is 12.9. The van der Waals surface area contributed by atoms with E-state index in [4.69, 9.17) is 24.1 Å². The Labute approximate surface area is 192 Å². The molecule has 0 radical (unpaired) electrons. The van der Waals surface area contributed by atoms with E-state index < -0.39 is 106 Å². The normalized spacial score (nSPS) is 42.6. The summed E-state index contributed by atoms with van der Waals surface area (Å²) in [4.78, 5) is 10.8. The number of hydrogen-bond acceptors (Lipinski definition) is 16. The van der Waals surface area contributed by atoms with Gasteiger partial charge in [0.25, 0.3) is 0 Å². The van der Waals surface area contributed by atoms with Crippen LogP contribution in [0.25, 0.3) is 0 Å². The third kappa shape index (κ3) is 6.44. The van der Waals surface area contributed by atoms with Crippen LogP contribution in [-0.2, 0) is 23.7 Å². The van der Waals surface area contributed by atoms with Crippen LogP contribution in [0.5, 0.6) is 0 Å². The highest BCUT2D eigenvalue weighted by atomic mass is 16.7. The Morgan fingerprint density at radius 1 is 0.765 bits per heavy atom. The third-order valence-corrected chi connectivity index (χ3v) is 5.63. The van der Waals surface area contributed by atoms with E-state index in [1.54, 1.807) is 0 Å². The second-order valence-corrected chi connectivity index (χ2v) is 8.01. The van der Waals surface area contributed by atoms with E-state index in [9.17, 15) is 55.9 Å². The largest absolute Gasteiger partial charge is 0.394 e. The fraction of sp³-hybridized carbons (Fsp3) is 0.944. The average Bonchev–Trinajstić information content (AvgIpc) is 2.84. The third-order valence-electron chi connectivity index (χ3n) is 5.63. The average molecular weight is 504 g/mol. The molecular weight excluding hydrogens is 472 g/mol. The molecule has 0 saturated carbocycles. The molecule has 2 fully saturated rings. The van der Waals surface area contributed by atoms with Crippen LogP contribution >= 0.6 is 0 Å². The Kier molecular flexibility index (Phi) is 11.1. The topological polar surface area (TPSA) is 277 Å². The van der Waals surface area contributed by atoms with Gasteiger partial charge in [-0.25, -0.2) is 0 Å². The van der Waals surface area contributed by atoms with Crippen LogP contribution in [0.4, 0.5) is 0 Å². The van der Waals surface area contributed by atoms with Crippen molar-refractivity contribution in [1.82, 2.24) is 0 Å². The van der Waals surface area contributed by atoms with Crippen molar-refractivity contribution in [3.05, 3.63) is 0 Å². The van der Waals surface area contributed by atoms with Gasteiger partial charge in [-0.15, -0.1) is 0 Å². The lowest BCUT2D eigenvalue weighted by Gasteiger charge is -2.43. The molecule has 0 aromatic heterocycles. The molecule has 0 aromatic rings. The van der Waals surface area contributed by atoms with Crippen LogP contribution in [-0.4, -0.2) is 168 Å². The maximum absolute atomic E-state index is 10.8. The molecule has 11 N–H and O–H groups in total. The van der Waals surface area contributed by atoms with Gasteiger partial charge in [-0.05, 0) is 0 Å². The summed E-state index contributed by atoms with van der Waals surface area (Å²) in [7, 11) is 0. The standard InChI is InChI=1S/C18H32O16/c19-1-5(22)9(24)16(6(23)2-20)34-18-15(30)13(28)11(26)8(33-18)4-31-17-14(29)12(27)10(25)7(3-21)32-17/h1,5-18,20-30H,2-4H2/t5-,6+,7+,8+,9+,10-,11-,12-,13-,14+,15+,16+,17-,18-/m0/s1. The molecule has 2 rings (SSSR count). The molecule has 34 heavy (non-hydrogen) atoms. The zero-order valence-corrected chi connectivity index (χ0v) is 17.7. The predicted molar refractivity (Wildman–Crippen MR) is 102 cm³/mol. The number of ether oxygens (including phenoxy) is 4. The second-order valence-electron chi connectivity index (χ2n) is 8.01. The molecular formula is C18H32O16. The highest BCUT2D eigenvalue weighted by Gasteiger charge is 2.49. The lowest BCUT2D eigenvalue weighted by atomic mass is 9.98. The van der Waals surface area contributed by atoms with Gasteiger partial charge < -0.3 is 79.9 Å². The molecule has 0 bridgehead atoms. The lowest BCUT2D eigenvalue weighted by Crippen LogP contribution is -2.63. The van der Waals surface area contributed by atoms with E-state index in [-0.39, 0.29) is 6.29 Å². The Balaban J connectivity index is 2.10. The van der Waals surface area contributed by atoms with Crippen molar-refractivity contribution in [3.63, 3.8) is 0 Å². The van der Waals surface area contributed by atoms with E-state index in [2.05, 4.69) is 0 Å². The summed E-state index contributed by atoms with van der Waals surface area (Å²) in [6.07, 6.45) is -25.1. The van der Waals surface area contributed by atoms with Crippen molar-refractivity contribution in [2.24, 2.45) is 0 Å². The number of carbonyl (C=O) groups excluding carboxylic acids is 1. The van der Waals surface area contributed by atoms with Gasteiger partial charge in [0.2, 0.25) is 0 Å². The lowest BCUT2D eigenvalue weighted by molar-refractivity contribution is -0.343. The van der Waals surface area contributed by atoms with Crippen LogP contribution in [0.1, 0.15) is 0 Å². The number of rotatable bonds is 11. The minimum atomic E-state index is -2.08. The van der Waals surface area contributed by atoms with Crippen molar-refractivity contribution < 1.29 is 79.9 Å². The fourth-order valence-electron chi connectivity index (χ4n) is 3.49. The van der Waals surface area contributed by atoms with Gasteiger partial charge in [0.15, 0.2) is 18.9 Å². The number of hydrogen-bond donors (Lipinski definition) is 11. The molecule has 14 atom stereocenters. The van der Waals surface area contributed by atoms with Gasteiger partial charge in [0.05, 0.1) is 19.8 Å². The van der Waals surface area contributed by atoms with Crippen molar-refractivity contribution in [1.29, 1.82) is 0 Å². The van der Waals surface area contributed by atoms with Gasteiger partial charge in [0.1, 0.15) is 73.2 Å². The van der Waals surface area contributed by atoms with Gasteiger partial charge >= 0.3 is 0 Å². The summed E-state index contributed by atoms with van der Waals surface area (Å²) in [5.74, 6) is 0. The van der Waals surface area contributed by atoms with E-state index >= 15 is 0 Å². The molecule has 16 nitrogen and oxygen atoms in total. The van der Waals surface area contributed by atoms with Crippen LogP contribution in [0.15, 0.2) is 0 Å². The van der Waals surface area contributed by atoms with Crippen molar-refractivity contribution in [2.75, 3.05) is 19.8 Å². The molecule has 0 aliphatic carbocycles. The summed E-state index contributed by atoms with van der Waals surface area (Å²) < 4.78 is 20.9. The number of aliphatic hydroxyl groups excluding tert-OH is 11. The number of aliphatic hydroxyl groups is 11. The molecule has 2 aliphatic heterocycles. The van der Waals surface area contributed by atoms with Crippen molar-refractivity contribution in [2.45, 2.75) is 85.8 Å². The SMILES string of the molecule is O=C[C@H](O)[C@@H](O)[C@H](O[C@@H]1O[C@H](CO[C@H]2O[C@H](CO)[C@H](O)[C@H](O)[C@H]2O)[C@H](O)[C@H](O)[C@H]1O)[C@H](O)CO. The zero-order valence-electron chi connectivity index (χ0n) is 17.7. The monoisotopic (exact) mass is 504 g/mol. The van der Waals surface area contributed by atoms with E-state index in [1.807, 2.05) is 0 Å². The number of aldehydes is 1. The summed E-state index contributed by atoms with van der Waals surface area (Å²) in [6, 6.07) is 0.